The van der Waals surface area contributed by atoms with Crippen LogP contribution in [0.1, 0.15) is 68.5 Å². The Hall–Kier alpha value is -3.67. The molecular weight excluding hydrogens is 578 g/mol. The van der Waals surface area contributed by atoms with E-state index in [0.717, 1.165) is 0 Å². The van der Waals surface area contributed by atoms with Crippen LogP contribution in [-0.4, -0.2) is 67.7 Å². The van der Waals surface area contributed by atoms with Crippen molar-refractivity contribution in [1.29, 1.82) is 0 Å². The van der Waals surface area contributed by atoms with Gasteiger partial charge in [0.05, 0.1) is 27.8 Å². The molecule has 1 amide bonds. The number of benzene rings is 2. The number of ether oxygens (including phenoxy) is 4. The van der Waals surface area contributed by atoms with E-state index < -0.39 is 17.6 Å². The van der Waals surface area contributed by atoms with Gasteiger partial charge in [-0.3, -0.25) is 9.59 Å². The van der Waals surface area contributed by atoms with E-state index in [1.807, 2.05) is 32.9 Å². The lowest BCUT2D eigenvalue weighted by Crippen LogP contribution is -2.46. The summed E-state index contributed by atoms with van der Waals surface area (Å²) in [6.07, 6.45) is -1.22. The topological polar surface area (TPSA) is 133 Å². The molecule has 1 N–H and O–H groups in total. The minimum absolute atomic E-state index is 0.0163. The third-order valence-corrected chi connectivity index (χ3v) is 7.70. The number of aromatic nitrogens is 2. The van der Waals surface area contributed by atoms with Gasteiger partial charge in [-0.05, 0) is 30.7 Å². The Kier molecular flexibility index (Phi) is 10.3. The van der Waals surface area contributed by atoms with Crippen LogP contribution in [0, 0.1) is 5.41 Å². The number of amides is 1. The normalized spacial score (nSPS) is 17.7. The molecule has 0 bridgehead atoms. The zero-order chi connectivity index (χ0) is 31.3. The van der Waals surface area contributed by atoms with Crippen molar-refractivity contribution < 1.29 is 38.2 Å². The number of carbonyl (C=O) groups is 2. The van der Waals surface area contributed by atoms with Gasteiger partial charge in [-0.25, -0.2) is 0 Å². The lowest BCUT2D eigenvalue weighted by Gasteiger charge is -2.32. The standard InChI is InChI=1S/C31H38ClN3O8/c1-7-18(13-26(37)40-5)29-33-25(34-43-29)15-24-30(38)35(16-31(2,3)17-36)22-12-11-19(32)14-21(22)27(42-24)20-9-8-10-23(39-4)28(20)41-6/h8-12,14,18,24,27,36H,7,13,15-17H2,1-6H3/t18?,24-,27-/m1/s1. The van der Waals surface area contributed by atoms with Crippen molar-refractivity contribution >= 4 is 29.2 Å². The Morgan fingerprint density at radius 2 is 1.93 bits per heavy atom. The van der Waals surface area contributed by atoms with Crippen LogP contribution in [-0.2, 0) is 25.5 Å². The van der Waals surface area contributed by atoms with Crippen molar-refractivity contribution in [2.24, 2.45) is 5.41 Å². The van der Waals surface area contributed by atoms with Crippen molar-refractivity contribution in [3.05, 3.63) is 64.3 Å². The van der Waals surface area contributed by atoms with E-state index in [1.54, 1.807) is 36.3 Å². The smallest absolute Gasteiger partial charge is 0.306 e. The number of rotatable bonds is 12. The van der Waals surface area contributed by atoms with Crippen LogP contribution < -0.4 is 14.4 Å². The van der Waals surface area contributed by atoms with Crippen molar-refractivity contribution in [2.75, 3.05) is 39.4 Å². The third-order valence-electron chi connectivity index (χ3n) is 7.47. The lowest BCUT2D eigenvalue weighted by molar-refractivity contribution is -0.141. The first-order valence-electron chi connectivity index (χ1n) is 14.0. The maximum atomic E-state index is 14.3. The highest BCUT2D eigenvalue weighted by Gasteiger charge is 2.40. The summed E-state index contributed by atoms with van der Waals surface area (Å²) in [6.45, 7) is 5.71. The monoisotopic (exact) mass is 615 g/mol. The van der Waals surface area contributed by atoms with Crippen LogP contribution in [0.2, 0.25) is 5.02 Å². The Morgan fingerprint density at radius 1 is 1.16 bits per heavy atom. The minimum Gasteiger partial charge on any atom is -0.493 e. The summed E-state index contributed by atoms with van der Waals surface area (Å²) in [6, 6.07) is 10.7. The van der Waals surface area contributed by atoms with Gasteiger partial charge in [-0.15, -0.1) is 0 Å². The SMILES string of the molecule is CCC(CC(=O)OC)c1nc(C[C@H]2O[C@H](c3cccc(OC)c3OC)c3cc(Cl)ccc3N(CC(C)(C)CO)C2=O)no1. The van der Waals surface area contributed by atoms with Crippen molar-refractivity contribution in [3.63, 3.8) is 0 Å². The zero-order valence-corrected chi connectivity index (χ0v) is 26.0. The molecule has 3 aromatic rings. The molecule has 0 saturated carbocycles. The number of nitrogens with zero attached hydrogens (tertiary/aromatic N) is 3. The first kappa shape index (κ1) is 32.2. The first-order valence-corrected chi connectivity index (χ1v) is 14.4. The Bertz CT molecular complexity index is 1440. The molecule has 3 atom stereocenters. The van der Waals surface area contributed by atoms with Gasteiger partial charge >= 0.3 is 5.97 Å². The number of para-hydroxylation sites is 1. The summed E-state index contributed by atoms with van der Waals surface area (Å²) < 4.78 is 28.3. The summed E-state index contributed by atoms with van der Waals surface area (Å²) in [5.41, 5.74) is 1.23. The fourth-order valence-electron chi connectivity index (χ4n) is 5.08. The second-order valence-corrected chi connectivity index (χ2v) is 11.6. The maximum Gasteiger partial charge on any atom is 0.306 e. The van der Waals surface area contributed by atoms with Gasteiger partial charge in [0.1, 0.15) is 12.2 Å². The van der Waals surface area contributed by atoms with Gasteiger partial charge in [-0.1, -0.05) is 49.7 Å². The van der Waals surface area contributed by atoms with Crippen LogP contribution in [0.25, 0.3) is 0 Å². The zero-order valence-electron chi connectivity index (χ0n) is 25.3. The molecule has 0 fully saturated rings. The minimum atomic E-state index is -1.06. The Morgan fingerprint density at radius 3 is 2.58 bits per heavy atom. The molecule has 1 aromatic heterocycles. The number of aliphatic hydroxyl groups is 1. The second-order valence-electron chi connectivity index (χ2n) is 11.2. The molecule has 43 heavy (non-hydrogen) atoms. The summed E-state index contributed by atoms with van der Waals surface area (Å²) in [4.78, 5) is 32.4. The highest BCUT2D eigenvalue weighted by atomic mass is 35.5. The molecule has 232 valence electrons. The molecule has 2 aromatic carbocycles. The van der Waals surface area contributed by atoms with Crippen LogP contribution in [0.3, 0.4) is 0 Å². The van der Waals surface area contributed by atoms with Crippen LogP contribution >= 0.6 is 11.6 Å². The van der Waals surface area contributed by atoms with Gasteiger partial charge in [0.2, 0.25) is 5.89 Å². The second kappa shape index (κ2) is 13.7. The van der Waals surface area contributed by atoms with Gasteiger partial charge in [0, 0.05) is 52.7 Å². The van der Waals surface area contributed by atoms with E-state index >= 15 is 0 Å². The highest BCUT2D eigenvalue weighted by Crippen LogP contribution is 2.45. The van der Waals surface area contributed by atoms with Gasteiger partial charge in [-0.2, -0.15) is 4.98 Å². The quantitative estimate of drug-likeness (QED) is 0.281. The summed E-state index contributed by atoms with van der Waals surface area (Å²) in [5, 5.41) is 14.7. The molecule has 1 unspecified atom stereocenters. The summed E-state index contributed by atoms with van der Waals surface area (Å²) in [7, 11) is 4.41. The van der Waals surface area contributed by atoms with E-state index in [9.17, 15) is 14.7 Å². The molecule has 1 aliphatic heterocycles. The predicted octanol–water partition coefficient (Wildman–Crippen LogP) is 4.88. The first-order chi connectivity index (χ1) is 20.5. The number of hydrogen-bond donors (Lipinski definition) is 1. The van der Waals surface area contributed by atoms with Crippen molar-refractivity contribution in [2.45, 2.75) is 58.2 Å². The Labute approximate surface area is 256 Å². The highest BCUT2D eigenvalue weighted by molar-refractivity contribution is 6.30. The largest absolute Gasteiger partial charge is 0.493 e. The summed E-state index contributed by atoms with van der Waals surface area (Å²) in [5.74, 6) is 0.413. The fraction of sp³-hybridized carbons (Fsp3) is 0.484. The van der Waals surface area contributed by atoms with Gasteiger partial charge in [0.15, 0.2) is 17.3 Å². The van der Waals surface area contributed by atoms with E-state index in [4.69, 9.17) is 35.1 Å². The summed E-state index contributed by atoms with van der Waals surface area (Å²) >= 11 is 6.50. The average Bonchev–Trinajstić information content (AvgIpc) is 3.44. The van der Waals surface area contributed by atoms with Gasteiger partial charge in [0.25, 0.3) is 5.91 Å². The molecule has 2 heterocycles. The van der Waals surface area contributed by atoms with E-state index in [2.05, 4.69) is 10.1 Å². The third kappa shape index (κ3) is 7.11. The number of anilines is 1. The number of esters is 1. The number of halogens is 1. The molecule has 0 saturated heterocycles. The maximum absolute atomic E-state index is 14.3. The van der Waals surface area contributed by atoms with Crippen LogP contribution in [0.15, 0.2) is 40.9 Å². The molecule has 12 heteroatoms. The van der Waals surface area contributed by atoms with Crippen LogP contribution in [0.5, 0.6) is 11.5 Å². The van der Waals surface area contributed by atoms with E-state index in [0.29, 0.717) is 39.8 Å². The number of hydrogen-bond acceptors (Lipinski definition) is 10. The number of fused-ring (bicyclic) bond motifs is 1. The molecule has 0 radical (unpaired) electrons. The van der Waals surface area contributed by atoms with E-state index in [-0.39, 0.29) is 55.5 Å². The van der Waals surface area contributed by atoms with Gasteiger partial charge < -0.3 is 33.5 Å². The van der Waals surface area contributed by atoms with Crippen LogP contribution in [0.4, 0.5) is 5.69 Å². The Balaban J connectivity index is 1.82. The molecule has 1 aliphatic rings. The van der Waals surface area contributed by atoms with Crippen molar-refractivity contribution in [3.8, 4) is 11.5 Å². The number of aliphatic hydroxyl groups excluding tert-OH is 1. The molecule has 0 spiro atoms. The molecular formula is C31H38ClN3O8. The number of methoxy groups -OCH3 is 3. The number of carbonyl (C=O) groups excluding carboxylic acids is 2. The fourth-order valence-corrected chi connectivity index (χ4v) is 5.26. The predicted molar refractivity (Wildman–Crippen MR) is 159 cm³/mol. The molecule has 11 nitrogen and oxygen atoms in total. The molecule has 0 aliphatic carbocycles. The molecule has 4 rings (SSSR count). The lowest BCUT2D eigenvalue weighted by atomic mass is 9.92. The van der Waals surface area contributed by atoms with E-state index in [1.165, 1.54) is 14.2 Å². The van der Waals surface area contributed by atoms with Crippen molar-refractivity contribution in [1.82, 2.24) is 10.1 Å². The average molecular weight is 616 g/mol.